The Bertz CT molecular complexity index is 505. The summed E-state index contributed by atoms with van der Waals surface area (Å²) in [6.45, 7) is 1.92. The highest BCUT2D eigenvalue weighted by Crippen LogP contribution is 2.31. The fraction of sp³-hybridized carbons (Fsp3) is 0.231. The minimum Gasteiger partial charge on any atom is -0.378 e. The highest BCUT2D eigenvalue weighted by atomic mass is 32.1. The van der Waals surface area contributed by atoms with Gasteiger partial charge in [0.05, 0.1) is 5.56 Å². The fourth-order valence-corrected chi connectivity index (χ4v) is 2.39. The van der Waals surface area contributed by atoms with Crippen LogP contribution >= 0.6 is 11.3 Å². The van der Waals surface area contributed by atoms with Gasteiger partial charge in [0.1, 0.15) is 0 Å². The van der Waals surface area contributed by atoms with Gasteiger partial charge in [-0.2, -0.15) is 24.5 Å². The quantitative estimate of drug-likeness (QED) is 0.833. The molecule has 0 amide bonds. The number of rotatable bonds is 3. The summed E-state index contributed by atoms with van der Waals surface area (Å²) in [7, 11) is 0. The molecule has 2 rings (SSSR count). The molecule has 1 heterocycles. The number of nitrogens with one attached hydrogen (secondary N) is 1. The van der Waals surface area contributed by atoms with E-state index < -0.39 is 11.7 Å². The molecule has 18 heavy (non-hydrogen) atoms. The van der Waals surface area contributed by atoms with E-state index in [-0.39, 0.29) is 6.04 Å². The van der Waals surface area contributed by atoms with Crippen LogP contribution in [0, 0.1) is 0 Å². The largest absolute Gasteiger partial charge is 0.416 e. The summed E-state index contributed by atoms with van der Waals surface area (Å²) >= 11 is 1.57. The Morgan fingerprint density at radius 1 is 1.22 bits per heavy atom. The predicted octanol–water partition coefficient (Wildman–Crippen LogP) is 4.94. The minimum absolute atomic E-state index is 0.0141. The molecule has 1 aromatic heterocycles. The third-order valence-electron chi connectivity index (χ3n) is 2.62. The Hall–Kier alpha value is -1.49. The lowest BCUT2D eigenvalue weighted by atomic mass is 10.1. The number of thiophene rings is 1. The second-order valence-electron chi connectivity index (χ2n) is 4.00. The molecule has 0 spiro atoms. The summed E-state index contributed by atoms with van der Waals surface area (Å²) in [5.41, 5.74) is 0.908. The Morgan fingerprint density at radius 3 is 2.61 bits per heavy atom. The van der Waals surface area contributed by atoms with Crippen LogP contribution in [-0.4, -0.2) is 0 Å². The Morgan fingerprint density at radius 2 is 2.00 bits per heavy atom. The minimum atomic E-state index is -4.30. The standard InChI is InChI=1S/C13H12F3NS/c1-9(10-5-6-18-8-10)17-12-4-2-3-11(7-12)13(14,15)16/h2-9,17H,1H3. The van der Waals surface area contributed by atoms with E-state index in [4.69, 9.17) is 0 Å². The van der Waals surface area contributed by atoms with Crippen molar-refractivity contribution >= 4 is 17.0 Å². The van der Waals surface area contributed by atoms with Crippen molar-refractivity contribution in [1.82, 2.24) is 0 Å². The van der Waals surface area contributed by atoms with Gasteiger partial charge in [0.2, 0.25) is 0 Å². The van der Waals surface area contributed by atoms with E-state index in [0.29, 0.717) is 5.69 Å². The van der Waals surface area contributed by atoms with Crippen molar-refractivity contribution in [2.75, 3.05) is 5.32 Å². The third-order valence-corrected chi connectivity index (χ3v) is 3.32. The van der Waals surface area contributed by atoms with E-state index in [1.807, 2.05) is 23.8 Å². The summed E-state index contributed by atoms with van der Waals surface area (Å²) in [6.07, 6.45) is -4.30. The number of halogens is 3. The molecule has 0 aliphatic rings. The smallest absolute Gasteiger partial charge is 0.378 e. The molecule has 0 saturated carbocycles. The van der Waals surface area contributed by atoms with Crippen LogP contribution in [0.2, 0.25) is 0 Å². The van der Waals surface area contributed by atoms with Gasteiger partial charge in [0.25, 0.3) is 0 Å². The molecule has 1 nitrogen and oxygen atoms in total. The van der Waals surface area contributed by atoms with Crippen LogP contribution in [-0.2, 0) is 6.18 Å². The van der Waals surface area contributed by atoms with E-state index in [2.05, 4.69) is 5.32 Å². The maximum atomic E-state index is 12.6. The van der Waals surface area contributed by atoms with E-state index >= 15 is 0 Å². The normalized spacial score (nSPS) is 13.3. The van der Waals surface area contributed by atoms with Gasteiger partial charge in [-0.15, -0.1) is 0 Å². The van der Waals surface area contributed by atoms with Crippen LogP contribution in [0.1, 0.15) is 24.1 Å². The average Bonchev–Trinajstić information content (AvgIpc) is 2.81. The Kier molecular flexibility index (Phi) is 3.61. The zero-order valence-corrected chi connectivity index (χ0v) is 10.5. The molecule has 5 heteroatoms. The van der Waals surface area contributed by atoms with Gasteiger partial charge >= 0.3 is 6.18 Å². The molecule has 0 saturated heterocycles. The molecule has 1 unspecified atom stereocenters. The van der Waals surface area contributed by atoms with Crippen LogP contribution in [0.25, 0.3) is 0 Å². The van der Waals surface area contributed by atoms with Gasteiger partial charge in [0, 0.05) is 11.7 Å². The monoisotopic (exact) mass is 271 g/mol. The second kappa shape index (κ2) is 5.02. The molecule has 0 bridgehead atoms. The fourth-order valence-electron chi connectivity index (χ4n) is 1.64. The predicted molar refractivity (Wildman–Crippen MR) is 67.8 cm³/mol. The van der Waals surface area contributed by atoms with Gasteiger partial charge in [0.15, 0.2) is 0 Å². The molecule has 0 aliphatic carbocycles. The highest BCUT2D eigenvalue weighted by molar-refractivity contribution is 7.07. The molecule has 1 N–H and O–H groups in total. The zero-order chi connectivity index (χ0) is 13.2. The number of hydrogen-bond acceptors (Lipinski definition) is 2. The van der Waals surface area contributed by atoms with Crippen molar-refractivity contribution in [3.05, 3.63) is 52.2 Å². The van der Waals surface area contributed by atoms with Gasteiger partial charge in [-0.05, 0) is 47.5 Å². The molecule has 0 aliphatic heterocycles. The summed E-state index contributed by atoms with van der Waals surface area (Å²) < 4.78 is 37.7. The lowest BCUT2D eigenvalue weighted by Crippen LogP contribution is -2.08. The van der Waals surface area contributed by atoms with Crippen LogP contribution in [0.5, 0.6) is 0 Å². The number of hydrogen-bond donors (Lipinski definition) is 1. The molecule has 96 valence electrons. The number of anilines is 1. The summed E-state index contributed by atoms with van der Waals surface area (Å²) in [5, 5.41) is 6.98. The van der Waals surface area contributed by atoms with Crippen LogP contribution in [0.3, 0.4) is 0 Å². The Balaban J connectivity index is 2.15. The first-order chi connectivity index (χ1) is 8.47. The van der Waals surface area contributed by atoms with E-state index in [1.54, 1.807) is 17.4 Å². The number of benzene rings is 1. The highest BCUT2D eigenvalue weighted by Gasteiger charge is 2.30. The maximum Gasteiger partial charge on any atom is 0.416 e. The average molecular weight is 271 g/mol. The summed E-state index contributed by atoms with van der Waals surface area (Å²) in [5.74, 6) is 0. The van der Waals surface area contributed by atoms with Crippen molar-refractivity contribution in [3.8, 4) is 0 Å². The van der Waals surface area contributed by atoms with Crippen molar-refractivity contribution in [2.45, 2.75) is 19.1 Å². The van der Waals surface area contributed by atoms with Crippen LogP contribution < -0.4 is 5.32 Å². The molecule has 2 aromatic rings. The van der Waals surface area contributed by atoms with Crippen molar-refractivity contribution in [1.29, 1.82) is 0 Å². The number of alkyl halides is 3. The molecule has 1 atom stereocenters. The molecular weight excluding hydrogens is 259 g/mol. The van der Waals surface area contributed by atoms with Gasteiger partial charge < -0.3 is 5.32 Å². The molecule has 0 radical (unpaired) electrons. The van der Waals surface area contributed by atoms with E-state index in [9.17, 15) is 13.2 Å². The first-order valence-electron chi connectivity index (χ1n) is 5.43. The SMILES string of the molecule is CC(Nc1cccc(C(F)(F)F)c1)c1ccsc1. The summed E-state index contributed by atoms with van der Waals surface area (Å²) in [4.78, 5) is 0. The van der Waals surface area contributed by atoms with Crippen molar-refractivity contribution in [2.24, 2.45) is 0 Å². The van der Waals surface area contributed by atoms with Crippen LogP contribution in [0.4, 0.5) is 18.9 Å². The summed E-state index contributed by atoms with van der Waals surface area (Å²) in [6, 6.07) is 7.18. The van der Waals surface area contributed by atoms with E-state index in [1.165, 1.54) is 6.07 Å². The molecule has 0 fully saturated rings. The Labute approximate surface area is 107 Å². The van der Waals surface area contributed by atoms with Gasteiger partial charge in [-0.25, -0.2) is 0 Å². The topological polar surface area (TPSA) is 12.0 Å². The third kappa shape index (κ3) is 3.04. The van der Waals surface area contributed by atoms with Gasteiger partial charge in [-0.3, -0.25) is 0 Å². The maximum absolute atomic E-state index is 12.6. The molecular formula is C13H12F3NS. The first-order valence-corrected chi connectivity index (χ1v) is 6.37. The van der Waals surface area contributed by atoms with Gasteiger partial charge in [-0.1, -0.05) is 6.07 Å². The zero-order valence-electron chi connectivity index (χ0n) is 9.66. The molecule has 1 aromatic carbocycles. The van der Waals surface area contributed by atoms with Crippen molar-refractivity contribution < 1.29 is 13.2 Å². The van der Waals surface area contributed by atoms with Crippen molar-refractivity contribution in [3.63, 3.8) is 0 Å². The first kappa shape index (κ1) is 13.0. The van der Waals surface area contributed by atoms with E-state index in [0.717, 1.165) is 17.7 Å². The lowest BCUT2D eigenvalue weighted by Gasteiger charge is -2.15. The second-order valence-corrected chi connectivity index (χ2v) is 4.78. The lowest BCUT2D eigenvalue weighted by molar-refractivity contribution is -0.137. The van der Waals surface area contributed by atoms with Crippen LogP contribution in [0.15, 0.2) is 41.1 Å².